The number of anilines is 1. The molecule has 0 aliphatic carbocycles. The molecular formula is C16H18N2O5S. The van der Waals surface area contributed by atoms with Gasteiger partial charge in [0.25, 0.3) is 5.24 Å². The summed E-state index contributed by atoms with van der Waals surface area (Å²) in [7, 11) is 0. The van der Waals surface area contributed by atoms with E-state index in [2.05, 4.69) is 5.32 Å². The van der Waals surface area contributed by atoms with Crippen LogP contribution in [0.4, 0.5) is 10.5 Å². The molecule has 1 heterocycles. The second-order valence-electron chi connectivity index (χ2n) is 5.29. The lowest BCUT2D eigenvalue weighted by atomic mass is 10.1. The molecule has 0 bridgehead atoms. The minimum atomic E-state index is -0.950. The van der Waals surface area contributed by atoms with E-state index in [1.807, 2.05) is 0 Å². The molecule has 1 aromatic carbocycles. The molecule has 8 heteroatoms. The van der Waals surface area contributed by atoms with Crippen LogP contribution in [0, 0.1) is 0 Å². The Morgan fingerprint density at radius 3 is 2.50 bits per heavy atom. The molecule has 2 amide bonds. The van der Waals surface area contributed by atoms with Crippen molar-refractivity contribution in [3.63, 3.8) is 0 Å². The van der Waals surface area contributed by atoms with Crippen molar-refractivity contribution in [2.45, 2.75) is 20.0 Å². The summed E-state index contributed by atoms with van der Waals surface area (Å²) < 4.78 is 5.11. The fourth-order valence-electron chi connectivity index (χ4n) is 2.17. The Morgan fingerprint density at radius 2 is 1.96 bits per heavy atom. The summed E-state index contributed by atoms with van der Waals surface area (Å²) in [5.74, 6) is -0.506. The van der Waals surface area contributed by atoms with Crippen LogP contribution >= 0.6 is 11.8 Å². The average molecular weight is 350 g/mol. The maximum atomic E-state index is 12.3. The summed E-state index contributed by atoms with van der Waals surface area (Å²) in [5, 5.41) is 2.45. The van der Waals surface area contributed by atoms with Crippen LogP contribution in [-0.4, -0.2) is 52.7 Å². The standard InChI is InChI=1S/C16H18N2O5S/c1-10(23-14(20)9-18-7-8-24-16(18)22)15(21)12-3-5-13(6-4-12)17-11(2)19/h3-6,10H,7-9H2,1-2H3,(H,17,19)/t10-/m0/s1. The lowest BCUT2D eigenvalue weighted by Crippen LogP contribution is -2.34. The number of nitrogens with zero attached hydrogens (tertiary/aromatic N) is 1. The van der Waals surface area contributed by atoms with Crippen LogP contribution in [0.15, 0.2) is 24.3 Å². The molecule has 7 nitrogen and oxygen atoms in total. The number of benzene rings is 1. The largest absolute Gasteiger partial charge is 0.453 e. The quantitative estimate of drug-likeness (QED) is 0.622. The van der Waals surface area contributed by atoms with Crippen molar-refractivity contribution in [2.75, 3.05) is 24.2 Å². The lowest BCUT2D eigenvalue weighted by molar-refractivity contribution is -0.146. The third-order valence-electron chi connectivity index (χ3n) is 3.33. The third kappa shape index (κ3) is 4.82. The van der Waals surface area contributed by atoms with Gasteiger partial charge in [-0.15, -0.1) is 0 Å². The predicted molar refractivity (Wildman–Crippen MR) is 90.1 cm³/mol. The van der Waals surface area contributed by atoms with Gasteiger partial charge in [0.2, 0.25) is 11.7 Å². The highest BCUT2D eigenvalue weighted by molar-refractivity contribution is 8.13. The highest BCUT2D eigenvalue weighted by atomic mass is 32.2. The highest BCUT2D eigenvalue weighted by Gasteiger charge is 2.26. The van der Waals surface area contributed by atoms with E-state index in [1.165, 1.54) is 18.7 Å². The fourth-order valence-corrected chi connectivity index (χ4v) is 2.99. The Kier molecular flexibility index (Phi) is 5.97. The van der Waals surface area contributed by atoms with E-state index in [0.717, 1.165) is 11.8 Å². The molecule has 1 atom stereocenters. The van der Waals surface area contributed by atoms with Crippen LogP contribution in [0.1, 0.15) is 24.2 Å². The van der Waals surface area contributed by atoms with Crippen molar-refractivity contribution in [3.05, 3.63) is 29.8 Å². The van der Waals surface area contributed by atoms with Crippen molar-refractivity contribution in [3.8, 4) is 0 Å². The Labute approximate surface area is 143 Å². The topological polar surface area (TPSA) is 92.8 Å². The first-order chi connectivity index (χ1) is 11.4. The normalized spacial score (nSPS) is 15.1. The first-order valence-electron chi connectivity index (χ1n) is 7.40. The Balaban J connectivity index is 1.90. The minimum absolute atomic E-state index is 0.148. The Bertz CT molecular complexity index is 659. The van der Waals surface area contributed by atoms with Gasteiger partial charge in [0.15, 0.2) is 6.10 Å². The molecule has 1 aromatic rings. The van der Waals surface area contributed by atoms with E-state index in [1.54, 1.807) is 24.3 Å². The van der Waals surface area contributed by atoms with Crippen LogP contribution in [0.3, 0.4) is 0 Å². The second kappa shape index (κ2) is 7.96. The molecule has 1 aliphatic heterocycles. The zero-order valence-corrected chi connectivity index (χ0v) is 14.2. The van der Waals surface area contributed by atoms with Gasteiger partial charge in [0.1, 0.15) is 6.54 Å². The molecule has 128 valence electrons. The monoisotopic (exact) mass is 350 g/mol. The zero-order chi connectivity index (χ0) is 17.7. The number of thioether (sulfide) groups is 1. The first-order valence-corrected chi connectivity index (χ1v) is 8.38. The minimum Gasteiger partial charge on any atom is -0.453 e. The van der Waals surface area contributed by atoms with E-state index in [4.69, 9.17) is 4.74 Å². The number of rotatable bonds is 6. The number of amides is 2. The first kappa shape index (κ1) is 18.0. The van der Waals surface area contributed by atoms with Gasteiger partial charge in [-0.25, -0.2) is 0 Å². The second-order valence-corrected chi connectivity index (χ2v) is 6.34. The van der Waals surface area contributed by atoms with Crippen molar-refractivity contribution in [1.82, 2.24) is 4.90 Å². The Hall–Kier alpha value is -2.35. The summed E-state index contributed by atoms with van der Waals surface area (Å²) in [4.78, 5) is 47.9. The van der Waals surface area contributed by atoms with Gasteiger partial charge in [-0.2, -0.15) is 0 Å². The lowest BCUT2D eigenvalue weighted by Gasteiger charge is -2.16. The summed E-state index contributed by atoms with van der Waals surface area (Å²) in [6, 6.07) is 6.31. The van der Waals surface area contributed by atoms with Gasteiger partial charge in [-0.3, -0.25) is 19.2 Å². The molecule has 1 aliphatic rings. The van der Waals surface area contributed by atoms with Crippen LogP contribution in [0.25, 0.3) is 0 Å². The van der Waals surface area contributed by atoms with E-state index in [9.17, 15) is 19.2 Å². The van der Waals surface area contributed by atoms with E-state index in [-0.39, 0.29) is 23.5 Å². The number of esters is 1. The maximum absolute atomic E-state index is 12.3. The van der Waals surface area contributed by atoms with Gasteiger partial charge in [0, 0.05) is 30.5 Å². The fraction of sp³-hybridized carbons (Fsp3) is 0.375. The molecule has 24 heavy (non-hydrogen) atoms. The van der Waals surface area contributed by atoms with Crippen LogP contribution < -0.4 is 5.32 Å². The number of ether oxygens (including phenoxy) is 1. The molecule has 1 N–H and O–H groups in total. The highest BCUT2D eigenvalue weighted by Crippen LogP contribution is 2.17. The van der Waals surface area contributed by atoms with Gasteiger partial charge < -0.3 is 15.0 Å². The number of hydrogen-bond donors (Lipinski definition) is 1. The number of nitrogens with one attached hydrogen (secondary N) is 1. The number of hydrogen-bond acceptors (Lipinski definition) is 6. The van der Waals surface area contributed by atoms with Gasteiger partial charge in [0.05, 0.1) is 0 Å². The molecule has 0 radical (unpaired) electrons. The van der Waals surface area contributed by atoms with Crippen molar-refractivity contribution in [2.24, 2.45) is 0 Å². The average Bonchev–Trinajstić information content (AvgIpc) is 2.91. The molecular weight excluding hydrogens is 332 g/mol. The molecule has 0 saturated carbocycles. The Morgan fingerprint density at radius 1 is 1.29 bits per heavy atom. The molecule has 1 fully saturated rings. The predicted octanol–water partition coefficient (Wildman–Crippen LogP) is 1.93. The molecule has 0 spiro atoms. The van der Waals surface area contributed by atoms with Gasteiger partial charge >= 0.3 is 5.97 Å². The number of Topliss-reactive ketones (excluding diaryl/α,β-unsaturated/α-hetero) is 1. The van der Waals surface area contributed by atoms with E-state index < -0.39 is 12.1 Å². The van der Waals surface area contributed by atoms with Gasteiger partial charge in [-0.05, 0) is 31.2 Å². The summed E-state index contributed by atoms with van der Waals surface area (Å²) >= 11 is 1.16. The molecule has 2 rings (SSSR count). The third-order valence-corrected chi connectivity index (χ3v) is 4.22. The number of carbonyl (C=O) groups excluding carboxylic acids is 4. The molecule has 0 unspecified atom stereocenters. The van der Waals surface area contributed by atoms with Gasteiger partial charge in [-0.1, -0.05) is 11.8 Å². The number of carbonyl (C=O) groups is 4. The van der Waals surface area contributed by atoms with Crippen molar-refractivity contribution < 1.29 is 23.9 Å². The summed E-state index contributed by atoms with van der Waals surface area (Å²) in [5.41, 5.74) is 0.950. The van der Waals surface area contributed by atoms with Crippen LogP contribution in [0.2, 0.25) is 0 Å². The van der Waals surface area contributed by atoms with E-state index in [0.29, 0.717) is 23.5 Å². The van der Waals surface area contributed by atoms with Crippen molar-refractivity contribution >= 4 is 40.3 Å². The van der Waals surface area contributed by atoms with Crippen LogP contribution in [-0.2, 0) is 14.3 Å². The van der Waals surface area contributed by atoms with Crippen molar-refractivity contribution in [1.29, 1.82) is 0 Å². The summed E-state index contributed by atoms with van der Waals surface area (Å²) in [6.45, 7) is 3.24. The smallest absolute Gasteiger partial charge is 0.326 e. The number of ketones is 1. The van der Waals surface area contributed by atoms with Crippen LogP contribution in [0.5, 0.6) is 0 Å². The maximum Gasteiger partial charge on any atom is 0.326 e. The molecule has 1 saturated heterocycles. The van der Waals surface area contributed by atoms with E-state index >= 15 is 0 Å². The molecule has 0 aromatic heterocycles. The SMILES string of the molecule is CC(=O)Nc1ccc(C(=O)[C@H](C)OC(=O)CN2CCSC2=O)cc1. The zero-order valence-electron chi connectivity index (χ0n) is 13.4. The summed E-state index contributed by atoms with van der Waals surface area (Å²) in [6.07, 6.45) is -0.950.